The van der Waals surface area contributed by atoms with Gasteiger partial charge in [0.1, 0.15) is 11.8 Å². The average Bonchev–Trinajstić information content (AvgIpc) is 2.18. The number of nitriles is 1. The molecule has 1 aromatic carbocycles. The summed E-state index contributed by atoms with van der Waals surface area (Å²) in [5, 5.41) is 18.4. The van der Waals surface area contributed by atoms with Crippen LogP contribution in [0.4, 0.5) is 0 Å². The zero-order valence-corrected chi connectivity index (χ0v) is 10.2. The van der Waals surface area contributed by atoms with Crippen LogP contribution in [0.5, 0.6) is 5.75 Å². The molecule has 0 unspecified atom stereocenters. The van der Waals surface area contributed by atoms with Crippen molar-refractivity contribution in [2.75, 3.05) is 6.54 Å². The molecule has 82 valence electrons. The van der Waals surface area contributed by atoms with Crippen molar-refractivity contribution in [1.29, 1.82) is 5.26 Å². The molecule has 0 aliphatic carbocycles. The molecular formula is C9H11BrClN3O. The van der Waals surface area contributed by atoms with Crippen LogP contribution >= 0.6 is 28.3 Å². The minimum atomic E-state index is -0.474. The molecule has 0 fully saturated rings. The molecule has 1 rings (SSSR count). The summed E-state index contributed by atoms with van der Waals surface area (Å²) in [6, 6.07) is 4.59. The summed E-state index contributed by atoms with van der Waals surface area (Å²) in [6.07, 6.45) is 0. The van der Waals surface area contributed by atoms with Crippen molar-refractivity contribution in [2.24, 2.45) is 11.5 Å². The molecule has 0 saturated carbocycles. The second-order valence-corrected chi connectivity index (χ2v) is 3.67. The molecule has 0 radical (unpaired) electrons. The van der Waals surface area contributed by atoms with E-state index in [0.717, 1.165) is 0 Å². The fourth-order valence-electron chi connectivity index (χ4n) is 1.14. The Hall–Kier alpha value is -0.800. The number of nitrogens with two attached hydrogens (primary N) is 2. The van der Waals surface area contributed by atoms with E-state index in [1.165, 1.54) is 6.07 Å². The van der Waals surface area contributed by atoms with Gasteiger partial charge in [0.05, 0.1) is 5.56 Å². The maximum atomic E-state index is 9.68. The van der Waals surface area contributed by atoms with Crippen LogP contribution < -0.4 is 11.5 Å². The highest BCUT2D eigenvalue weighted by atomic mass is 79.9. The lowest BCUT2D eigenvalue weighted by molar-refractivity contribution is 0.459. The highest BCUT2D eigenvalue weighted by molar-refractivity contribution is 9.10. The van der Waals surface area contributed by atoms with Crippen molar-refractivity contribution in [2.45, 2.75) is 6.04 Å². The van der Waals surface area contributed by atoms with Crippen LogP contribution in [-0.4, -0.2) is 11.7 Å². The van der Waals surface area contributed by atoms with E-state index >= 15 is 0 Å². The predicted molar refractivity (Wildman–Crippen MR) is 63.8 cm³/mol. The fourth-order valence-corrected chi connectivity index (χ4v) is 1.76. The number of phenols is 1. The molecule has 0 amide bonds. The average molecular weight is 293 g/mol. The van der Waals surface area contributed by atoms with Gasteiger partial charge in [0.25, 0.3) is 0 Å². The summed E-state index contributed by atoms with van der Waals surface area (Å²) in [6.45, 7) is 0.209. The SMILES string of the molecule is Cl.N#Cc1ccc(Br)c([C@H](N)CN)c1O. The van der Waals surface area contributed by atoms with E-state index in [0.29, 0.717) is 10.0 Å². The van der Waals surface area contributed by atoms with Crippen molar-refractivity contribution < 1.29 is 5.11 Å². The van der Waals surface area contributed by atoms with E-state index in [1.807, 2.05) is 6.07 Å². The van der Waals surface area contributed by atoms with Gasteiger partial charge in [-0.1, -0.05) is 15.9 Å². The standard InChI is InChI=1S/C9H10BrN3O.ClH/c10-6-2-1-5(3-11)9(14)8(6)7(13)4-12;/h1-2,7,14H,4,12-13H2;1H/t7-;/m1./s1. The van der Waals surface area contributed by atoms with Gasteiger partial charge in [0, 0.05) is 22.6 Å². The summed E-state index contributed by atoms with van der Waals surface area (Å²) < 4.78 is 0.659. The zero-order valence-electron chi connectivity index (χ0n) is 7.77. The lowest BCUT2D eigenvalue weighted by Crippen LogP contribution is -2.21. The van der Waals surface area contributed by atoms with Gasteiger partial charge in [-0.15, -0.1) is 12.4 Å². The first-order valence-electron chi connectivity index (χ1n) is 3.99. The van der Waals surface area contributed by atoms with E-state index in [-0.39, 0.29) is 30.3 Å². The lowest BCUT2D eigenvalue weighted by atomic mass is 10.0. The van der Waals surface area contributed by atoms with Crippen molar-refractivity contribution in [3.63, 3.8) is 0 Å². The second kappa shape index (κ2) is 5.93. The number of nitrogens with zero attached hydrogens (tertiary/aromatic N) is 1. The Bertz CT molecular complexity index is 392. The molecule has 0 aliphatic heterocycles. The first-order valence-corrected chi connectivity index (χ1v) is 4.78. The van der Waals surface area contributed by atoms with Gasteiger partial charge in [-0.25, -0.2) is 0 Å². The number of hydrogen-bond donors (Lipinski definition) is 3. The Morgan fingerprint density at radius 3 is 2.60 bits per heavy atom. The van der Waals surface area contributed by atoms with Crippen LogP contribution in [0.2, 0.25) is 0 Å². The highest BCUT2D eigenvalue weighted by Gasteiger charge is 2.16. The first-order chi connectivity index (χ1) is 6.61. The second-order valence-electron chi connectivity index (χ2n) is 2.81. The van der Waals surface area contributed by atoms with Crippen LogP contribution in [0.15, 0.2) is 16.6 Å². The molecule has 4 nitrogen and oxygen atoms in total. The lowest BCUT2D eigenvalue weighted by Gasteiger charge is -2.13. The molecule has 1 atom stereocenters. The summed E-state index contributed by atoms with van der Waals surface area (Å²) >= 11 is 3.25. The van der Waals surface area contributed by atoms with Crippen molar-refractivity contribution in [3.05, 3.63) is 27.7 Å². The third-order valence-corrected chi connectivity index (χ3v) is 2.60. The fraction of sp³-hybridized carbons (Fsp3) is 0.222. The monoisotopic (exact) mass is 291 g/mol. The topological polar surface area (TPSA) is 96.1 Å². The molecule has 0 heterocycles. The molecule has 15 heavy (non-hydrogen) atoms. The highest BCUT2D eigenvalue weighted by Crippen LogP contribution is 2.32. The minimum Gasteiger partial charge on any atom is -0.506 e. The normalized spacial score (nSPS) is 11.3. The van der Waals surface area contributed by atoms with Gasteiger partial charge in [-0.3, -0.25) is 0 Å². The molecule has 6 heteroatoms. The third-order valence-electron chi connectivity index (χ3n) is 1.91. The number of aromatic hydroxyl groups is 1. The van der Waals surface area contributed by atoms with Crippen molar-refractivity contribution in [3.8, 4) is 11.8 Å². The van der Waals surface area contributed by atoms with Crippen LogP contribution in [-0.2, 0) is 0 Å². The molecule has 0 aliphatic rings. The van der Waals surface area contributed by atoms with E-state index in [2.05, 4.69) is 15.9 Å². The van der Waals surface area contributed by atoms with Gasteiger partial charge >= 0.3 is 0 Å². The summed E-state index contributed by atoms with van der Waals surface area (Å²) in [4.78, 5) is 0. The minimum absolute atomic E-state index is 0. The number of phenolic OH excluding ortho intramolecular Hbond substituents is 1. The number of halogens is 2. The van der Waals surface area contributed by atoms with Gasteiger partial charge < -0.3 is 16.6 Å². The summed E-state index contributed by atoms with van der Waals surface area (Å²) in [5.74, 6) is -0.0974. The predicted octanol–water partition coefficient (Wildman–Crippen LogP) is 1.41. The van der Waals surface area contributed by atoms with Crippen LogP contribution in [0.3, 0.4) is 0 Å². The maximum Gasteiger partial charge on any atom is 0.139 e. The summed E-state index contributed by atoms with van der Waals surface area (Å²) in [5.41, 5.74) is 11.8. The molecule has 0 bridgehead atoms. The smallest absolute Gasteiger partial charge is 0.139 e. The van der Waals surface area contributed by atoms with Crippen molar-refractivity contribution >= 4 is 28.3 Å². The Labute approximate surface area is 102 Å². The maximum absolute atomic E-state index is 9.68. The Morgan fingerprint density at radius 2 is 2.13 bits per heavy atom. The van der Waals surface area contributed by atoms with Gasteiger partial charge in [0.15, 0.2) is 0 Å². The molecule has 0 aromatic heterocycles. The molecule has 1 aromatic rings. The number of benzene rings is 1. The van der Waals surface area contributed by atoms with Crippen LogP contribution in [0, 0.1) is 11.3 Å². The van der Waals surface area contributed by atoms with E-state index in [4.69, 9.17) is 16.7 Å². The summed E-state index contributed by atoms with van der Waals surface area (Å²) in [7, 11) is 0. The Kier molecular flexibility index (Phi) is 5.61. The Morgan fingerprint density at radius 1 is 1.53 bits per heavy atom. The van der Waals surface area contributed by atoms with Gasteiger partial charge in [-0.2, -0.15) is 5.26 Å². The molecule has 0 spiro atoms. The first kappa shape index (κ1) is 14.2. The van der Waals surface area contributed by atoms with Gasteiger partial charge in [-0.05, 0) is 12.1 Å². The van der Waals surface area contributed by atoms with Crippen LogP contribution in [0.25, 0.3) is 0 Å². The van der Waals surface area contributed by atoms with Crippen molar-refractivity contribution in [1.82, 2.24) is 0 Å². The largest absolute Gasteiger partial charge is 0.506 e. The molecule has 0 saturated heterocycles. The third kappa shape index (κ3) is 2.83. The number of rotatable bonds is 2. The Balaban J connectivity index is 0.00000196. The molecule has 5 N–H and O–H groups in total. The number of hydrogen-bond acceptors (Lipinski definition) is 4. The van der Waals surface area contributed by atoms with E-state index in [9.17, 15) is 5.11 Å². The zero-order chi connectivity index (χ0) is 10.7. The van der Waals surface area contributed by atoms with Crippen LogP contribution in [0.1, 0.15) is 17.2 Å². The van der Waals surface area contributed by atoms with E-state index in [1.54, 1.807) is 6.07 Å². The quantitative estimate of drug-likeness (QED) is 0.768. The van der Waals surface area contributed by atoms with E-state index < -0.39 is 6.04 Å². The molecular weight excluding hydrogens is 281 g/mol. The van der Waals surface area contributed by atoms with Gasteiger partial charge in [0.2, 0.25) is 0 Å².